The third kappa shape index (κ3) is 2.79. The van der Waals surface area contributed by atoms with Crippen molar-refractivity contribution in [1.82, 2.24) is 14.7 Å². The number of amides is 1. The summed E-state index contributed by atoms with van der Waals surface area (Å²) in [4.78, 5) is 14.0. The number of thiocarbonyl (C=S) groups is 1. The summed E-state index contributed by atoms with van der Waals surface area (Å²) in [5.74, 6) is -0.0692. The molecular formula is C10H16N4OS. The van der Waals surface area contributed by atoms with Crippen molar-refractivity contribution in [3.8, 4) is 0 Å². The quantitative estimate of drug-likeness (QED) is 0.774. The number of aromatic nitrogens is 2. The van der Waals surface area contributed by atoms with Gasteiger partial charge in [0.25, 0.3) is 5.91 Å². The van der Waals surface area contributed by atoms with Crippen LogP contribution in [0.3, 0.4) is 0 Å². The predicted molar refractivity (Wildman–Crippen MR) is 66.1 cm³/mol. The third-order valence-electron chi connectivity index (χ3n) is 2.42. The molecule has 1 aromatic heterocycles. The number of carbonyl (C=O) groups is 1. The summed E-state index contributed by atoms with van der Waals surface area (Å²) in [6.45, 7) is 2.41. The fraction of sp³-hybridized carbons (Fsp3) is 0.500. The van der Waals surface area contributed by atoms with Crippen LogP contribution in [0, 0.1) is 5.92 Å². The highest BCUT2D eigenvalue weighted by Crippen LogP contribution is 2.05. The average molecular weight is 240 g/mol. The smallest absolute Gasteiger partial charge is 0.271 e. The van der Waals surface area contributed by atoms with Gasteiger partial charge in [0.2, 0.25) is 0 Å². The molecule has 6 heteroatoms. The Hall–Kier alpha value is -1.43. The van der Waals surface area contributed by atoms with Crippen molar-refractivity contribution in [2.45, 2.75) is 6.92 Å². The summed E-state index contributed by atoms with van der Waals surface area (Å²) in [6, 6.07) is 1.68. The Morgan fingerprint density at radius 3 is 2.81 bits per heavy atom. The third-order valence-corrected chi connectivity index (χ3v) is 2.82. The van der Waals surface area contributed by atoms with Gasteiger partial charge in [0.15, 0.2) is 0 Å². The Balaban J connectivity index is 2.69. The highest BCUT2D eigenvalue weighted by Gasteiger charge is 2.17. The molecule has 1 unspecified atom stereocenters. The van der Waals surface area contributed by atoms with Crippen LogP contribution in [0.1, 0.15) is 17.4 Å². The van der Waals surface area contributed by atoms with E-state index in [9.17, 15) is 4.79 Å². The molecule has 0 aliphatic heterocycles. The zero-order valence-electron chi connectivity index (χ0n) is 9.67. The molecule has 0 aliphatic carbocycles. The number of aryl methyl sites for hydroxylation is 1. The first-order valence-electron chi connectivity index (χ1n) is 4.96. The molecule has 0 bridgehead atoms. The molecule has 0 aliphatic rings. The van der Waals surface area contributed by atoms with Crippen LogP contribution in [-0.4, -0.2) is 39.2 Å². The second-order valence-corrected chi connectivity index (χ2v) is 4.30. The Morgan fingerprint density at radius 1 is 1.75 bits per heavy atom. The number of rotatable bonds is 4. The van der Waals surface area contributed by atoms with Gasteiger partial charge in [0.1, 0.15) is 5.69 Å². The summed E-state index contributed by atoms with van der Waals surface area (Å²) in [6.07, 6.45) is 1.60. The molecule has 0 saturated heterocycles. The van der Waals surface area contributed by atoms with Crippen molar-refractivity contribution < 1.29 is 4.79 Å². The maximum absolute atomic E-state index is 12.0. The minimum absolute atomic E-state index is 0.0113. The van der Waals surface area contributed by atoms with Crippen molar-refractivity contribution >= 4 is 23.1 Å². The maximum atomic E-state index is 12.0. The Bertz CT molecular complexity index is 401. The Kier molecular flexibility index (Phi) is 4.00. The lowest BCUT2D eigenvalue weighted by molar-refractivity contribution is 0.0776. The molecule has 0 saturated carbocycles. The van der Waals surface area contributed by atoms with Crippen LogP contribution in [-0.2, 0) is 7.05 Å². The molecule has 0 fully saturated rings. The minimum atomic E-state index is -0.0805. The summed E-state index contributed by atoms with van der Waals surface area (Å²) in [7, 11) is 3.46. The van der Waals surface area contributed by atoms with E-state index in [4.69, 9.17) is 18.0 Å². The number of hydrogen-bond donors (Lipinski definition) is 1. The minimum Gasteiger partial charge on any atom is -0.393 e. The lowest BCUT2D eigenvalue weighted by Gasteiger charge is -2.20. The number of nitrogens with zero attached hydrogens (tertiary/aromatic N) is 3. The van der Waals surface area contributed by atoms with Crippen LogP contribution in [0.5, 0.6) is 0 Å². The highest BCUT2D eigenvalue weighted by molar-refractivity contribution is 7.80. The predicted octanol–water partition coefficient (Wildman–Crippen LogP) is 0.414. The normalized spacial score (nSPS) is 12.2. The molecule has 88 valence electrons. The van der Waals surface area contributed by atoms with Crippen molar-refractivity contribution in [3.63, 3.8) is 0 Å². The molecular weight excluding hydrogens is 224 g/mol. The van der Waals surface area contributed by atoms with Gasteiger partial charge < -0.3 is 10.6 Å². The van der Waals surface area contributed by atoms with E-state index in [1.165, 1.54) is 0 Å². The van der Waals surface area contributed by atoms with Crippen LogP contribution in [0.15, 0.2) is 12.3 Å². The van der Waals surface area contributed by atoms with Crippen molar-refractivity contribution in [1.29, 1.82) is 0 Å². The fourth-order valence-corrected chi connectivity index (χ4v) is 1.44. The second kappa shape index (κ2) is 5.07. The van der Waals surface area contributed by atoms with E-state index in [0.29, 0.717) is 17.2 Å². The SMILES string of the molecule is CC(CN(C)C(=O)c1ccnn1C)C(N)=S. The van der Waals surface area contributed by atoms with Crippen LogP contribution < -0.4 is 5.73 Å². The zero-order chi connectivity index (χ0) is 12.3. The molecule has 1 atom stereocenters. The van der Waals surface area contributed by atoms with Gasteiger partial charge in [-0.05, 0) is 6.07 Å². The molecule has 1 aromatic rings. The summed E-state index contributed by atoms with van der Waals surface area (Å²) in [5, 5.41) is 3.95. The van der Waals surface area contributed by atoms with Gasteiger partial charge in [-0.3, -0.25) is 9.48 Å². The molecule has 0 aromatic carbocycles. The summed E-state index contributed by atoms with van der Waals surface area (Å²) >= 11 is 4.87. The van der Waals surface area contributed by atoms with Crippen LogP contribution in [0.2, 0.25) is 0 Å². The Morgan fingerprint density at radius 2 is 2.38 bits per heavy atom. The van der Waals surface area contributed by atoms with E-state index in [-0.39, 0.29) is 11.8 Å². The molecule has 1 heterocycles. The maximum Gasteiger partial charge on any atom is 0.271 e. The molecule has 16 heavy (non-hydrogen) atoms. The van der Waals surface area contributed by atoms with Crippen LogP contribution in [0.4, 0.5) is 0 Å². The van der Waals surface area contributed by atoms with Gasteiger partial charge in [-0.15, -0.1) is 0 Å². The number of hydrogen-bond acceptors (Lipinski definition) is 3. The molecule has 2 N–H and O–H groups in total. The van der Waals surface area contributed by atoms with E-state index in [1.807, 2.05) is 6.92 Å². The summed E-state index contributed by atoms with van der Waals surface area (Å²) in [5.41, 5.74) is 6.06. The first-order valence-corrected chi connectivity index (χ1v) is 5.37. The van der Waals surface area contributed by atoms with Gasteiger partial charge in [0.05, 0.1) is 4.99 Å². The van der Waals surface area contributed by atoms with Crippen molar-refractivity contribution in [3.05, 3.63) is 18.0 Å². The van der Waals surface area contributed by atoms with Crippen LogP contribution in [0.25, 0.3) is 0 Å². The van der Waals surface area contributed by atoms with E-state index in [2.05, 4.69) is 5.10 Å². The number of nitrogens with two attached hydrogens (primary N) is 1. The topological polar surface area (TPSA) is 64.2 Å². The van der Waals surface area contributed by atoms with Gasteiger partial charge >= 0.3 is 0 Å². The Labute approximate surface area is 100 Å². The largest absolute Gasteiger partial charge is 0.393 e. The molecule has 1 rings (SSSR count). The van der Waals surface area contributed by atoms with E-state index in [0.717, 1.165) is 0 Å². The van der Waals surface area contributed by atoms with Crippen LogP contribution >= 0.6 is 12.2 Å². The average Bonchev–Trinajstić information content (AvgIpc) is 2.62. The van der Waals surface area contributed by atoms with Gasteiger partial charge in [-0.25, -0.2) is 0 Å². The van der Waals surface area contributed by atoms with Gasteiger partial charge in [-0.1, -0.05) is 19.1 Å². The number of carbonyl (C=O) groups excluding carboxylic acids is 1. The first kappa shape index (κ1) is 12.6. The monoisotopic (exact) mass is 240 g/mol. The second-order valence-electron chi connectivity index (χ2n) is 3.83. The lowest BCUT2D eigenvalue weighted by atomic mass is 10.1. The molecule has 5 nitrogen and oxygen atoms in total. The van der Waals surface area contributed by atoms with E-state index >= 15 is 0 Å². The molecule has 0 radical (unpaired) electrons. The fourth-order valence-electron chi connectivity index (χ4n) is 1.36. The standard InChI is InChI=1S/C10H16N4OS/c1-7(9(11)16)6-13(2)10(15)8-4-5-12-14(8)3/h4-5,7H,6H2,1-3H3,(H2,11,16). The first-order chi connectivity index (χ1) is 7.43. The molecule has 1 amide bonds. The van der Waals surface area contributed by atoms with Gasteiger partial charge in [-0.2, -0.15) is 5.10 Å². The van der Waals surface area contributed by atoms with Crippen molar-refractivity contribution in [2.75, 3.05) is 13.6 Å². The molecule has 0 spiro atoms. The van der Waals surface area contributed by atoms with E-state index < -0.39 is 0 Å². The van der Waals surface area contributed by atoms with Gasteiger partial charge in [0, 0.05) is 32.8 Å². The summed E-state index contributed by atoms with van der Waals surface area (Å²) < 4.78 is 1.55. The van der Waals surface area contributed by atoms with E-state index in [1.54, 1.807) is 35.9 Å². The zero-order valence-corrected chi connectivity index (χ0v) is 10.5. The highest BCUT2D eigenvalue weighted by atomic mass is 32.1. The van der Waals surface area contributed by atoms with Crippen molar-refractivity contribution in [2.24, 2.45) is 18.7 Å². The lowest BCUT2D eigenvalue weighted by Crippen LogP contribution is -2.36.